The van der Waals surface area contributed by atoms with Gasteiger partial charge in [-0.25, -0.2) is 0 Å². The molecule has 2 rings (SSSR count). The van der Waals surface area contributed by atoms with Crippen molar-refractivity contribution in [1.29, 1.82) is 0 Å². The predicted octanol–water partition coefficient (Wildman–Crippen LogP) is 2.07. The van der Waals surface area contributed by atoms with Crippen molar-refractivity contribution in [3.8, 4) is 0 Å². The van der Waals surface area contributed by atoms with Crippen molar-refractivity contribution in [2.75, 3.05) is 26.8 Å². The number of methoxy groups -OCH3 is 1. The summed E-state index contributed by atoms with van der Waals surface area (Å²) in [6.45, 7) is 5.38. The van der Waals surface area contributed by atoms with E-state index in [1.165, 1.54) is 19.4 Å². The number of nitrogens with one attached hydrogen (secondary N) is 1. The van der Waals surface area contributed by atoms with Gasteiger partial charge in [-0.1, -0.05) is 19.1 Å². The summed E-state index contributed by atoms with van der Waals surface area (Å²) in [5.74, 6) is 3.30. The zero-order chi connectivity index (χ0) is 10.7. The Kier molecular flexibility index (Phi) is 3.81. The van der Waals surface area contributed by atoms with Crippen molar-refractivity contribution < 1.29 is 4.74 Å². The minimum absolute atomic E-state index is 0.629. The topological polar surface area (TPSA) is 21.3 Å². The molecular weight excluding hydrogens is 186 g/mol. The maximum Gasteiger partial charge on any atom is 0.0499 e. The fourth-order valence-corrected chi connectivity index (χ4v) is 2.99. The summed E-state index contributed by atoms with van der Waals surface area (Å²) in [6.07, 6.45) is 7.67. The molecule has 1 fully saturated rings. The third-order valence-electron chi connectivity index (χ3n) is 3.77. The molecule has 2 bridgehead atoms. The number of rotatable bonds is 6. The van der Waals surface area contributed by atoms with Gasteiger partial charge in [-0.3, -0.25) is 0 Å². The van der Waals surface area contributed by atoms with E-state index in [1.54, 1.807) is 7.11 Å². The molecule has 0 aromatic heterocycles. The standard InChI is InChI=1S/C13H23NO/c1-10(9-15-2)7-14-8-13-6-11-3-4-12(13)5-11/h3-4,10-14H,5-9H2,1-2H3. The van der Waals surface area contributed by atoms with Gasteiger partial charge in [-0.2, -0.15) is 0 Å². The number of fused-ring (bicyclic) bond motifs is 2. The lowest BCUT2D eigenvalue weighted by Gasteiger charge is -2.20. The van der Waals surface area contributed by atoms with Gasteiger partial charge < -0.3 is 10.1 Å². The maximum atomic E-state index is 5.12. The van der Waals surface area contributed by atoms with E-state index < -0.39 is 0 Å². The van der Waals surface area contributed by atoms with E-state index in [-0.39, 0.29) is 0 Å². The molecule has 0 saturated heterocycles. The zero-order valence-electron chi connectivity index (χ0n) is 9.91. The van der Waals surface area contributed by atoms with Crippen LogP contribution < -0.4 is 5.32 Å². The van der Waals surface area contributed by atoms with E-state index in [4.69, 9.17) is 4.74 Å². The molecule has 0 aliphatic heterocycles. The summed E-state index contributed by atoms with van der Waals surface area (Å²) in [5, 5.41) is 3.58. The van der Waals surface area contributed by atoms with E-state index in [9.17, 15) is 0 Å². The Morgan fingerprint density at radius 3 is 2.87 bits per heavy atom. The van der Waals surface area contributed by atoms with Crippen LogP contribution in [0.5, 0.6) is 0 Å². The second-order valence-electron chi connectivity index (χ2n) is 5.26. The van der Waals surface area contributed by atoms with Crippen molar-refractivity contribution in [2.24, 2.45) is 23.7 Å². The van der Waals surface area contributed by atoms with E-state index >= 15 is 0 Å². The molecule has 0 radical (unpaired) electrons. The molecule has 2 aliphatic carbocycles. The molecule has 2 nitrogen and oxygen atoms in total. The van der Waals surface area contributed by atoms with E-state index in [0.29, 0.717) is 5.92 Å². The fourth-order valence-electron chi connectivity index (χ4n) is 2.99. The molecule has 0 amide bonds. The first-order chi connectivity index (χ1) is 7.29. The van der Waals surface area contributed by atoms with Crippen LogP contribution in [-0.2, 0) is 4.74 Å². The number of hydrogen-bond acceptors (Lipinski definition) is 2. The quantitative estimate of drug-likeness (QED) is 0.676. The van der Waals surface area contributed by atoms with Crippen LogP contribution in [0.15, 0.2) is 12.2 Å². The number of ether oxygens (including phenoxy) is 1. The SMILES string of the molecule is COCC(C)CNCC1CC2C=CC1C2. The Bertz CT molecular complexity index is 227. The second kappa shape index (κ2) is 5.13. The molecule has 4 atom stereocenters. The summed E-state index contributed by atoms with van der Waals surface area (Å²) < 4.78 is 5.12. The number of hydrogen-bond donors (Lipinski definition) is 1. The molecule has 0 aromatic rings. The first-order valence-electron chi connectivity index (χ1n) is 6.17. The largest absolute Gasteiger partial charge is 0.384 e. The lowest BCUT2D eigenvalue weighted by Crippen LogP contribution is -2.30. The van der Waals surface area contributed by atoms with Crippen molar-refractivity contribution in [2.45, 2.75) is 19.8 Å². The van der Waals surface area contributed by atoms with Crippen molar-refractivity contribution >= 4 is 0 Å². The van der Waals surface area contributed by atoms with Crippen LogP contribution in [0.2, 0.25) is 0 Å². The van der Waals surface area contributed by atoms with Crippen LogP contribution in [0.4, 0.5) is 0 Å². The molecule has 1 saturated carbocycles. The molecule has 0 spiro atoms. The lowest BCUT2D eigenvalue weighted by molar-refractivity contribution is 0.157. The summed E-state index contributed by atoms with van der Waals surface area (Å²) in [5.41, 5.74) is 0. The lowest BCUT2D eigenvalue weighted by atomic mass is 9.93. The Morgan fingerprint density at radius 1 is 1.40 bits per heavy atom. The minimum Gasteiger partial charge on any atom is -0.384 e. The summed E-state index contributed by atoms with van der Waals surface area (Å²) in [6, 6.07) is 0. The Morgan fingerprint density at radius 2 is 2.27 bits per heavy atom. The van der Waals surface area contributed by atoms with Gasteiger partial charge in [0.15, 0.2) is 0 Å². The van der Waals surface area contributed by atoms with Gasteiger partial charge in [0.05, 0.1) is 0 Å². The van der Waals surface area contributed by atoms with E-state index in [0.717, 1.165) is 30.9 Å². The highest BCUT2D eigenvalue weighted by molar-refractivity contribution is 5.10. The minimum atomic E-state index is 0.629. The van der Waals surface area contributed by atoms with Gasteiger partial charge in [-0.15, -0.1) is 0 Å². The molecule has 0 aromatic carbocycles. The van der Waals surface area contributed by atoms with Crippen molar-refractivity contribution in [1.82, 2.24) is 5.32 Å². The Balaban J connectivity index is 1.61. The van der Waals surface area contributed by atoms with Crippen LogP contribution >= 0.6 is 0 Å². The Labute approximate surface area is 93.1 Å². The van der Waals surface area contributed by atoms with Gasteiger partial charge >= 0.3 is 0 Å². The normalized spacial score (nSPS) is 34.9. The highest BCUT2D eigenvalue weighted by atomic mass is 16.5. The molecule has 0 heterocycles. The highest BCUT2D eigenvalue weighted by Gasteiger charge is 2.34. The van der Waals surface area contributed by atoms with Crippen LogP contribution in [0.3, 0.4) is 0 Å². The molecule has 4 unspecified atom stereocenters. The van der Waals surface area contributed by atoms with Crippen LogP contribution in [0.25, 0.3) is 0 Å². The molecule has 2 heteroatoms. The van der Waals surface area contributed by atoms with Crippen molar-refractivity contribution in [3.05, 3.63) is 12.2 Å². The average Bonchev–Trinajstić information content (AvgIpc) is 2.79. The van der Waals surface area contributed by atoms with Gasteiger partial charge in [0.25, 0.3) is 0 Å². The second-order valence-corrected chi connectivity index (χ2v) is 5.26. The van der Waals surface area contributed by atoms with Gasteiger partial charge in [0.1, 0.15) is 0 Å². The third kappa shape index (κ3) is 2.82. The third-order valence-corrected chi connectivity index (χ3v) is 3.77. The van der Waals surface area contributed by atoms with Crippen LogP contribution in [-0.4, -0.2) is 26.8 Å². The first-order valence-corrected chi connectivity index (χ1v) is 6.17. The molecular formula is C13H23NO. The predicted molar refractivity (Wildman–Crippen MR) is 62.8 cm³/mol. The van der Waals surface area contributed by atoms with Gasteiger partial charge in [0.2, 0.25) is 0 Å². The maximum absolute atomic E-state index is 5.12. The Hall–Kier alpha value is -0.340. The molecule has 86 valence electrons. The van der Waals surface area contributed by atoms with Gasteiger partial charge in [0, 0.05) is 13.7 Å². The van der Waals surface area contributed by atoms with Gasteiger partial charge in [-0.05, 0) is 49.6 Å². The molecule has 15 heavy (non-hydrogen) atoms. The number of allylic oxidation sites excluding steroid dienone is 2. The first kappa shape index (κ1) is 11.2. The molecule has 1 N–H and O–H groups in total. The van der Waals surface area contributed by atoms with E-state index in [2.05, 4.69) is 24.4 Å². The van der Waals surface area contributed by atoms with Crippen molar-refractivity contribution in [3.63, 3.8) is 0 Å². The van der Waals surface area contributed by atoms with Crippen LogP contribution in [0.1, 0.15) is 19.8 Å². The van der Waals surface area contributed by atoms with E-state index in [1.807, 2.05) is 0 Å². The summed E-state index contributed by atoms with van der Waals surface area (Å²) in [4.78, 5) is 0. The fraction of sp³-hybridized carbons (Fsp3) is 0.846. The smallest absolute Gasteiger partial charge is 0.0499 e. The monoisotopic (exact) mass is 209 g/mol. The molecule has 2 aliphatic rings. The highest BCUT2D eigenvalue weighted by Crippen LogP contribution is 2.42. The summed E-state index contributed by atoms with van der Waals surface area (Å²) in [7, 11) is 1.78. The summed E-state index contributed by atoms with van der Waals surface area (Å²) >= 11 is 0. The zero-order valence-corrected chi connectivity index (χ0v) is 9.91. The van der Waals surface area contributed by atoms with Crippen LogP contribution in [0, 0.1) is 23.7 Å². The average molecular weight is 209 g/mol.